The second-order valence-electron chi connectivity index (χ2n) is 16.7. The summed E-state index contributed by atoms with van der Waals surface area (Å²) in [7, 11) is 0. The van der Waals surface area contributed by atoms with Gasteiger partial charge >= 0.3 is 0 Å². The topological polar surface area (TPSA) is 124 Å². The highest BCUT2D eigenvalue weighted by Gasteiger charge is 2.47. The van der Waals surface area contributed by atoms with Crippen LogP contribution in [0.5, 0.6) is 0 Å². The summed E-state index contributed by atoms with van der Waals surface area (Å²) in [5, 5.41) is 0.193. The molecule has 0 aromatic heterocycles. The van der Waals surface area contributed by atoms with Gasteiger partial charge in [-0.25, -0.2) is 0 Å². The maximum atomic E-state index is 13.1. The number of Topliss-reactive ketones (excluding diaryl/α,β-unsaturated/α-hetero) is 2. The van der Waals surface area contributed by atoms with Crippen molar-refractivity contribution in [2.45, 2.75) is 137 Å². The first-order valence-corrected chi connectivity index (χ1v) is 18.5. The van der Waals surface area contributed by atoms with Gasteiger partial charge in [0, 0.05) is 33.3 Å². The van der Waals surface area contributed by atoms with Crippen LogP contribution < -0.4 is 36.3 Å². The van der Waals surface area contributed by atoms with E-state index in [0.29, 0.717) is 12.8 Å². The van der Waals surface area contributed by atoms with Crippen LogP contribution in [0.4, 0.5) is 0 Å². The third-order valence-corrected chi connectivity index (χ3v) is 13.9. The van der Waals surface area contributed by atoms with Crippen LogP contribution in [-0.2, 0) is 24.6 Å². The molecule has 0 heterocycles. The first-order valence-electron chi connectivity index (χ1n) is 16.8. The minimum atomic E-state index is -0.588. The molecule has 0 saturated carbocycles. The molecule has 0 aliphatic carbocycles. The average Bonchev–Trinajstić information content (AvgIpc) is 2.95. The Morgan fingerprint density at radius 3 is 1.34 bits per heavy atom. The lowest BCUT2D eigenvalue weighted by Crippen LogP contribution is -3.00. The fourth-order valence-electron chi connectivity index (χ4n) is 5.24. The van der Waals surface area contributed by atoms with Crippen LogP contribution in [0, 0.1) is 16.2 Å². The summed E-state index contributed by atoms with van der Waals surface area (Å²) < 4.78 is -0.693. The van der Waals surface area contributed by atoms with E-state index in [-0.39, 0.29) is 84.4 Å². The Bertz CT molecular complexity index is 1410. The van der Waals surface area contributed by atoms with Crippen LogP contribution in [0.1, 0.15) is 127 Å². The number of quaternary nitrogens is 2. The first-order chi connectivity index (χ1) is 21.6. The molecule has 2 rings (SSSR count). The highest BCUT2D eigenvalue weighted by molar-refractivity contribution is 8.15. The van der Waals surface area contributed by atoms with Crippen molar-refractivity contribution in [3.8, 4) is 0 Å². The molecule has 50 heavy (non-hydrogen) atoms. The van der Waals surface area contributed by atoms with Gasteiger partial charge in [-0.05, 0) is 85.6 Å². The van der Waals surface area contributed by atoms with Crippen molar-refractivity contribution in [2.75, 3.05) is 0 Å². The lowest BCUT2D eigenvalue weighted by Gasteiger charge is -2.41. The zero-order chi connectivity index (χ0) is 37.5. The van der Waals surface area contributed by atoms with Gasteiger partial charge in [-0.2, -0.15) is 0 Å². The molecule has 2 aromatic rings. The van der Waals surface area contributed by atoms with Crippen molar-refractivity contribution >= 4 is 45.3 Å². The number of thioether (sulfide) groups is 2. The molecule has 6 nitrogen and oxygen atoms in total. The van der Waals surface area contributed by atoms with Crippen LogP contribution in [0.3, 0.4) is 0 Å². The van der Waals surface area contributed by atoms with Crippen molar-refractivity contribution in [3.63, 3.8) is 0 Å². The Hall–Kier alpha value is -1.68. The van der Waals surface area contributed by atoms with Crippen LogP contribution in [0.2, 0.25) is 0 Å². The molecule has 2 aromatic carbocycles. The summed E-state index contributed by atoms with van der Waals surface area (Å²) in [4.78, 5) is 49.1. The minimum absolute atomic E-state index is 0. The summed E-state index contributed by atoms with van der Waals surface area (Å²) in [5.74, 6) is 0.302. The number of halogens is 2. The van der Waals surface area contributed by atoms with Crippen LogP contribution in [0.25, 0.3) is 0 Å². The third kappa shape index (κ3) is 13.4. The number of carbonyl (C=O) groups is 4. The maximum Gasteiger partial charge on any atom is 0.247 e. The lowest BCUT2D eigenvalue weighted by atomic mass is 9.76. The van der Waals surface area contributed by atoms with E-state index in [1.165, 1.54) is 23.5 Å². The van der Waals surface area contributed by atoms with E-state index < -0.39 is 5.41 Å². The summed E-state index contributed by atoms with van der Waals surface area (Å²) >= 11 is 2.68. The highest BCUT2D eigenvalue weighted by atomic mass is 35.5. The number of ketones is 2. The number of carbonyl (C=O) groups excluding carboxylic acids is 4. The van der Waals surface area contributed by atoms with E-state index in [9.17, 15) is 19.2 Å². The summed E-state index contributed by atoms with van der Waals surface area (Å²) in [5.41, 5.74) is 9.14. The average molecular weight is 772 g/mol. The molecule has 0 fully saturated rings. The van der Waals surface area contributed by atoms with Crippen molar-refractivity contribution in [1.82, 2.24) is 0 Å². The van der Waals surface area contributed by atoms with Crippen LogP contribution in [0.15, 0.2) is 60.7 Å². The molecule has 10 heteroatoms. The van der Waals surface area contributed by atoms with Crippen molar-refractivity contribution in [3.05, 3.63) is 71.8 Å². The number of hydrogen-bond donors (Lipinski definition) is 2. The van der Waals surface area contributed by atoms with Gasteiger partial charge < -0.3 is 45.9 Å². The number of rotatable bonds is 14. The standard InChI is InChI=1S/2C20H31NO2S.2ClH/c1-14(22)13-18(2,3)20(6,7)24-17(23)16(21)19(4,5)15-11-9-8-10-12-15;1-14(22)13-18(2,3)20(6,7)24-17(23)19(4,5)16(21)15-11-9-8-10-12-15;;/h2*8-12,16H,13,21H2,1-7H3;2*1H/t16-;;;/m1.../s1. The molecule has 0 radical (unpaired) electrons. The molecule has 0 aliphatic rings. The normalized spacial score (nSPS) is 13.8. The van der Waals surface area contributed by atoms with Crippen LogP contribution in [-0.4, -0.2) is 37.3 Å². The van der Waals surface area contributed by atoms with E-state index in [1.807, 2.05) is 88.4 Å². The summed E-state index contributed by atoms with van der Waals surface area (Å²) in [6.07, 6.45) is 0.928. The van der Waals surface area contributed by atoms with Gasteiger partial charge in [0.2, 0.25) is 10.2 Å². The third-order valence-electron chi connectivity index (χ3n) is 10.6. The zero-order valence-corrected chi connectivity index (χ0v) is 36.1. The van der Waals surface area contributed by atoms with E-state index in [4.69, 9.17) is 0 Å². The fourth-order valence-corrected chi connectivity index (χ4v) is 7.75. The highest BCUT2D eigenvalue weighted by Crippen LogP contribution is 2.48. The molecule has 0 bridgehead atoms. The second kappa shape index (κ2) is 19.4. The van der Waals surface area contributed by atoms with Gasteiger partial charge in [0.05, 0.1) is 5.41 Å². The predicted molar refractivity (Wildman–Crippen MR) is 204 cm³/mol. The molecule has 0 amide bonds. The monoisotopic (exact) mass is 770 g/mol. The van der Waals surface area contributed by atoms with E-state index in [1.54, 1.807) is 13.8 Å². The fraction of sp³-hybridized carbons (Fsp3) is 0.600. The second-order valence-corrected chi connectivity index (χ2v) is 19.9. The molecule has 0 spiro atoms. The Kier molecular flexibility index (Phi) is 19.6. The Balaban J connectivity index is 0. The van der Waals surface area contributed by atoms with Crippen molar-refractivity contribution in [1.29, 1.82) is 0 Å². The largest absolute Gasteiger partial charge is 1.00 e. The first kappa shape index (κ1) is 50.4. The summed E-state index contributed by atoms with van der Waals surface area (Å²) in [6, 6.07) is 19.5. The smallest absolute Gasteiger partial charge is 0.247 e. The Morgan fingerprint density at radius 1 is 0.600 bits per heavy atom. The quantitative estimate of drug-likeness (QED) is 0.302. The van der Waals surface area contributed by atoms with Gasteiger partial charge in [0.1, 0.15) is 17.6 Å². The SMILES string of the molecule is CC(=O)CC(C)(C)C(C)(C)SC(=O)C(C)(C)C([NH3+])c1ccccc1.CC(=O)CC(C)(C)C(C)(C)SC(=O)[C@@H]([NH3+])C(C)(C)c1ccccc1.[Cl-].[Cl-]. The van der Waals surface area contributed by atoms with Gasteiger partial charge in [-0.15, -0.1) is 0 Å². The molecule has 0 saturated heterocycles. The number of benzene rings is 2. The zero-order valence-electron chi connectivity index (χ0n) is 33.0. The van der Waals surface area contributed by atoms with Crippen LogP contribution >= 0.6 is 23.5 Å². The van der Waals surface area contributed by atoms with Crippen molar-refractivity contribution < 1.29 is 55.5 Å². The molecule has 2 atom stereocenters. The molecular formula is C40H64Cl2N2O4S2. The van der Waals surface area contributed by atoms with E-state index >= 15 is 0 Å². The summed E-state index contributed by atoms with van der Waals surface area (Å²) in [6.45, 7) is 27.7. The Morgan fingerprint density at radius 2 is 0.960 bits per heavy atom. The molecule has 284 valence electrons. The van der Waals surface area contributed by atoms with Gasteiger partial charge in [0.25, 0.3) is 0 Å². The molecule has 6 N–H and O–H groups in total. The van der Waals surface area contributed by atoms with Gasteiger partial charge in [-0.3, -0.25) is 9.59 Å². The maximum absolute atomic E-state index is 13.1. The molecular weight excluding hydrogens is 707 g/mol. The molecule has 1 unspecified atom stereocenters. The van der Waals surface area contributed by atoms with E-state index in [0.717, 1.165) is 11.1 Å². The molecule has 0 aliphatic heterocycles. The van der Waals surface area contributed by atoms with Crippen molar-refractivity contribution in [2.24, 2.45) is 16.2 Å². The number of hydrogen-bond acceptors (Lipinski definition) is 6. The minimum Gasteiger partial charge on any atom is -1.00 e. The Labute approximate surface area is 324 Å². The lowest BCUT2D eigenvalue weighted by molar-refractivity contribution is -0.446. The van der Waals surface area contributed by atoms with Gasteiger partial charge in [-0.1, -0.05) is 112 Å². The predicted octanol–water partition coefficient (Wildman–Crippen LogP) is 1.67. The van der Waals surface area contributed by atoms with Gasteiger partial charge in [0.15, 0.2) is 6.04 Å². The van der Waals surface area contributed by atoms with E-state index in [2.05, 4.69) is 66.9 Å².